The van der Waals surface area contributed by atoms with Crippen LogP contribution in [0, 0.1) is 12.3 Å². The number of oxazole rings is 1. The highest BCUT2D eigenvalue weighted by molar-refractivity contribution is 5.77. The van der Waals surface area contributed by atoms with Crippen molar-refractivity contribution in [2.45, 2.75) is 39.0 Å². The Hall–Kier alpha value is -1.55. The van der Waals surface area contributed by atoms with Crippen LogP contribution in [0.15, 0.2) is 22.6 Å². The Morgan fingerprint density at radius 1 is 1.30 bits per heavy atom. The molecule has 1 aromatic heterocycles. The Bertz CT molecular complexity index is 585. The molecule has 0 aliphatic heterocycles. The number of anilines is 1. The highest BCUT2D eigenvalue weighted by Crippen LogP contribution is 2.36. The van der Waals surface area contributed by atoms with Gasteiger partial charge in [-0.05, 0) is 31.0 Å². The molecule has 2 aromatic rings. The minimum atomic E-state index is 0.0486. The highest BCUT2D eigenvalue weighted by atomic mass is 16.3. The zero-order valence-corrected chi connectivity index (χ0v) is 12.0. The summed E-state index contributed by atoms with van der Waals surface area (Å²) in [6.07, 6.45) is 5.98. The second-order valence-electron chi connectivity index (χ2n) is 5.99. The third-order valence-corrected chi connectivity index (χ3v) is 4.41. The van der Waals surface area contributed by atoms with Gasteiger partial charge in [0.05, 0.1) is 6.61 Å². The third-order valence-electron chi connectivity index (χ3n) is 4.41. The molecular weight excluding hydrogens is 252 g/mol. The van der Waals surface area contributed by atoms with Crippen LogP contribution in [0.4, 0.5) is 5.69 Å². The van der Waals surface area contributed by atoms with Crippen molar-refractivity contribution in [2.24, 2.45) is 5.41 Å². The minimum absolute atomic E-state index is 0.0486. The molecule has 1 aliphatic rings. The summed E-state index contributed by atoms with van der Waals surface area (Å²) in [5.74, 6) is 0.691. The summed E-state index contributed by atoms with van der Waals surface area (Å²) >= 11 is 0. The van der Waals surface area contributed by atoms with Crippen molar-refractivity contribution in [1.82, 2.24) is 4.98 Å². The number of fused-ring (bicyclic) bond motifs is 1. The number of hydrogen-bond donors (Lipinski definition) is 2. The van der Waals surface area contributed by atoms with Gasteiger partial charge in [-0.2, -0.15) is 0 Å². The summed E-state index contributed by atoms with van der Waals surface area (Å²) < 4.78 is 5.48. The first-order chi connectivity index (χ1) is 9.71. The summed E-state index contributed by atoms with van der Waals surface area (Å²) in [5, 5.41) is 13.2. The van der Waals surface area contributed by atoms with E-state index in [1.807, 2.05) is 25.1 Å². The zero-order valence-electron chi connectivity index (χ0n) is 12.0. The van der Waals surface area contributed by atoms with Crippen LogP contribution in [0.1, 0.15) is 38.0 Å². The highest BCUT2D eigenvalue weighted by Gasteiger charge is 2.31. The Balaban J connectivity index is 1.72. The summed E-state index contributed by atoms with van der Waals surface area (Å²) in [6, 6.07) is 5.98. The number of nitrogens with one attached hydrogen (secondary N) is 1. The van der Waals surface area contributed by atoms with E-state index < -0.39 is 0 Å². The van der Waals surface area contributed by atoms with Crippen molar-refractivity contribution in [3.05, 3.63) is 24.1 Å². The quantitative estimate of drug-likeness (QED) is 0.896. The Morgan fingerprint density at radius 3 is 2.85 bits per heavy atom. The van der Waals surface area contributed by atoms with E-state index in [-0.39, 0.29) is 12.0 Å². The van der Waals surface area contributed by atoms with Crippen LogP contribution in [-0.2, 0) is 0 Å². The second-order valence-corrected chi connectivity index (χ2v) is 5.99. The smallest absolute Gasteiger partial charge is 0.192 e. The molecule has 1 fully saturated rings. The molecule has 0 amide bonds. The van der Waals surface area contributed by atoms with E-state index in [1.165, 1.54) is 19.3 Å². The van der Waals surface area contributed by atoms with Crippen molar-refractivity contribution in [3.63, 3.8) is 0 Å². The molecule has 108 valence electrons. The van der Waals surface area contributed by atoms with E-state index in [2.05, 4.69) is 10.3 Å². The van der Waals surface area contributed by atoms with Gasteiger partial charge in [0.2, 0.25) is 0 Å². The lowest BCUT2D eigenvalue weighted by Crippen LogP contribution is -2.35. The van der Waals surface area contributed by atoms with E-state index in [0.29, 0.717) is 5.89 Å². The molecule has 0 unspecified atom stereocenters. The topological polar surface area (TPSA) is 58.3 Å². The molecule has 1 aromatic carbocycles. The van der Waals surface area contributed by atoms with Gasteiger partial charge in [-0.1, -0.05) is 19.3 Å². The van der Waals surface area contributed by atoms with Crippen molar-refractivity contribution < 1.29 is 9.52 Å². The molecule has 2 N–H and O–H groups in total. The van der Waals surface area contributed by atoms with E-state index in [0.717, 1.165) is 36.2 Å². The van der Waals surface area contributed by atoms with Crippen molar-refractivity contribution in [1.29, 1.82) is 0 Å². The first-order valence-corrected chi connectivity index (χ1v) is 7.43. The largest absolute Gasteiger partial charge is 0.441 e. The number of nitrogens with zero attached hydrogens (tertiary/aromatic N) is 1. The summed E-state index contributed by atoms with van der Waals surface area (Å²) in [5.41, 5.74) is 2.80. The Morgan fingerprint density at radius 2 is 2.10 bits per heavy atom. The summed E-state index contributed by atoms with van der Waals surface area (Å²) in [6.45, 7) is 2.95. The molecule has 0 radical (unpaired) electrons. The standard InChI is InChI=1S/C16H22N2O2/c1-12-18-14-9-13(5-6-15(14)20-12)17-10-16(11-19)7-3-2-4-8-16/h5-6,9,17,19H,2-4,7-8,10-11H2,1H3. The second kappa shape index (κ2) is 5.44. The molecule has 20 heavy (non-hydrogen) atoms. The number of aliphatic hydroxyl groups excluding tert-OH is 1. The summed E-state index contributed by atoms with van der Waals surface area (Å²) in [4.78, 5) is 4.35. The van der Waals surface area contributed by atoms with E-state index in [9.17, 15) is 5.11 Å². The number of aryl methyl sites for hydroxylation is 1. The number of aromatic nitrogens is 1. The van der Waals surface area contributed by atoms with Crippen LogP contribution >= 0.6 is 0 Å². The third kappa shape index (κ3) is 2.66. The van der Waals surface area contributed by atoms with Gasteiger partial charge in [0.1, 0.15) is 5.52 Å². The fourth-order valence-electron chi connectivity index (χ4n) is 3.13. The minimum Gasteiger partial charge on any atom is -0.441 e. The van der Waals surface area contributed by atoms with Crippen molar-refractivity contribution >= 4 is 16.8 Å². The molecule has 4 nitrogen and oxygen atoms in total. The van der Waals surface area contributed by atoms with Gasteiger partial charge >= 0.3 is 0 Å². The molecule has 4 heteroatoms. The Kier molecular flexibility index (Phi) is 3.66. The predicted octanol–water partition coefficient (Wildman–Crippen LogP) is 3.49. The molecule has 1 aliphatic carbocycles. The normalized spacial score (nSPS) is 18.3. The number of aliphatic hydroxyl groups is 1. The van der Waals surface area contributed by atoms with Crippen molar-refractivity contribution in [3.8, 4) is 0 Å². The first kappa shape index (κ1) is 13.4. The van der Waals surface area contributed by atoms with Gasteiger partial charge in [0.15, 0.2) is 11.5 Å². The Labute approximate surface area is 119 Å². The van der Waals surface area contributed by atoms with Crippen LogP contribution in [0.5, 0.6) is 0 Å². The maximum Gasteiger partial charge on any atom is 0.192 e. The van der Waals surface area contributed by atoms with Crippen LogP contribution in [0.3, 0.4) is 0 Å². The summed E-state index contributed by atoms with van der Waals surface area (Å²) in [7, 11) is 0. The van der Waals surface area contributed by atoms with Crippen LogP contribution in [0.25, 0.3) is 11.1 Å². The zero-order chi connectivity index (χ0) is 14.0. The lowest BCUT2D eigenvalue weighted by Gasteiger charge is -2.36. The van der Waals surface area contributed by atoms with E-state index in [4.69, 9.17) is 4.42 Å². The van der Waals surface area contributed by atoms with Gasteiger partial charge in [-0.3, -0.25) is 0 Å². The molecule has 0 bridgehead atoms. The first-order valence-electron chi connectivity index (χ1n) is 7.43. The molecule has 1 saturated carbocycles. The lowest BCUT2D eigenvalue weighted by atomic mass is 9.74. The average Bonchev–Trinajstić information content (AvgIpc) is 2.85. The average molecular weight is 274 g/mol. The van der Waals surface area contributed by atoms with Gasteiger partial charge in [-0.15, -0.1) is 0 Å². The fourth-order valence-corrected chi connectivity index (χ4v) is 3.13. The molecule has 0 atom stereocenters. The molecule has 1 heterocycles. The maximum absolute atomic E-state index is 9.73. The van der Waals surface area contributed by atoms with Gasteiger partial charge in [0.25, 0.3) is 0 Å². The predicted molar refractivity (Wildman–Crippen MR) is 79.8 cm³/mol. The maximum atomic E-state index is 9.73. The monoisotopic (exact) mass is 274 g/mol. The van der Waals surface area contributed by atoms with Crippen LogP contribution in [0.2, 0.25) is 0 Å². The van der Waals surface area contributed by atoms with E-state index in [1.54, 1.807) is 0 Å². The lowest BCUT2D eigenvalue weighted by molar-refractivity contribution is 0.0944. The number of hydrogen-bond acceptors (Lipinski definition) is 4. The molecule has 3 rings (SSSR count). The number of benzene rings is 1. The molecule has 0 spiro atoms. The van der Waals surface area contributed by atoms with Crippen LogP contribution < -0.4 is 5.32 Å². The van der Waals surface area contributed by atoms with Crippen molar-refractivity contribution in [2.75, 3.05) is 18.5 Å². The number of rotatable bonds is 4. The SMILES string of the molecule is Cc1nc2cc(NCC3(CO)CCCCC3)ccc2o1. The molecule has 0 saturated heterocycles. The van der Waals surface area contributed by atoms with Crippen LogP contribution in [-0.4, -0.2) is 23.2 Å². The molecular formula is C16H22N2O2. The van der Waals surface area contributed by atoms with Gasteiger partial charge in [0, 0.05) is 24.6 Å². The van der Waals surface area contributed by atoms with Gasteiger partial charge < -0.3 is 14.8 Å². The van der Waals surface area contributed by atoms with Gasteiger partial charge in [-0.25, -0.2) is 4.98 Å². The van der Waals surface area contributed by atoms with E-state index >= 15 is 0 Å². The fraction of sp³-hybridized carbons (Fsp3) is 0.562.